The van der Waals surface area contributed by atoms with Gasteiger partial charge in [-0.25, -0.2) is 0 Å². The zero-order valence-corrected chi connectivity index (χ0v) is 14.3. The number of H-pyrrole nitrogens is 1. The molecule has 1 aliphatic heterocycles. The number of nitrogens with one attached hydrogen (secondary N) is 1. The van der Waals surface area contributed by atoms with Crippen LogP contribution in [0.5, 0.6) is 11.5 Å². The van der Waals surface area contributed by atoms with Crippen molar-refractivity contribution >= 4 is 27.5 Å². The number of ether oxygens (including phenoxy) is 2. The third-order valence-corrected chi connectivity index (χ3v) is 5.17. The molecule has 0 saturated heterocycles. The van der Waals surface area contributed by atoms with Crippen LogP contribution in [0.4, 0.5) is 0 Å². The Morgan fingerprint density at radius 3 is 2.78 bits per heavy atom. The highest BCUT2D eigenvalue weighted by molar-refractivity contribution is 9.10. The molecule has 4 nitrogen and oxygen atoms in total. The Kier molecular flexibility index (Phi) is 3.71. The summed E-state index contributed by atoms with van der Waals surface area (Å²) in [7, 11) is 0. The van der Waals surface area contributed by atoms with E-state index in [1.54, 1.807) is 6.07 Å². The second-order valence-electron chi connectivity index (χ2n) is 5.18. The first-order valence-corrected chi connectivity index (χ1v) is 8.68. The summed E-state index contributed by atoms with van der Waals surface area (Å²) in [5.41, 5.74) is 1.97. The maximum atomic E-state index is 11.2. The van der Waals surface area contributed by atoms with E-state index >= 15 is 0 Å². The van der Waals surface area contributed by atoms with Gasteiger partial charge in [-0.3, -0.25) is 9.17 Å². The number of aromatic amines is 1. The van der Waals surface area contributed by atoms with Crippen molar-refractivity contribution in [3.05, 3.63) is 68.9 Å². The summed E-state index contributed by atoms with van der Waals surface area (Å²) in [4.78, 5) is 12.1. The fraction of sp³-hybridized carbons (Fsp3) is 0.118. The molecule has 0 amide bonds. The van der Waals surface area contributed by atoms with Gasteiger partial charge in [0, 0.05) is 11.6 Å². The van der Waals surface area contributed by atoms with Crippen LogP contribution in [0.1, 0.15) is 11.7 Å². The van der Waals surface area contributed by atoms with Crippen LogP contribution in [-0.4, -0.2) is 11.0 Å². The standard InChI is InChI=1S/C17H12BrNO3S/c18-13-3-1-2-12-14(9-21-17(12)13)22-11-6-4-10(5-7-11)15-8-16(20)19-23-15/h1-8,14H,9H2,(H,19,20). The Bertz CT molecular complexity index is 901. The number of halogens is 1. The number of benzene rings is 2. The van der Waals surface area contributed by atoms with Crippen LogP contribution in [0.3, 0.4) is 0 Å². The molecule has 1 atom stereocenters. The lowest BCUT2D eigenvalue weighted by atomic mass is 10.1. The van der Waals surface area contributed by atoms with Crippen molar-refractivity contribution in [2.24, 2.45) is 0 Å². The van der Waals surface area contributed by atoms with E-state index in [4.69, 9.17) is 9.47 Å². The number of para-hydroxylation sites is 1. The molecule has 23 heavy (non-hydrogen) atoms. The van der Waals surface area contributed by atoms with Crippen molar-refractivity contribution in [1.29, 1.82) is 0 Å². The molecule has 6 heteroatoms. The van der Waals surface area contributed by atoms with Crippen LogP contribution < -0.4 is 15.0 Å². The normalized spacial score (nSPS) is 16.0. The van der Waals surface area contributed by atoms with Crippen molar-refractivity contribution < 1.29 is 9.47 Å². The number of fused-ring (bicyclic) bond motifs is 1. The zero-order chi connectivity index (χ0) is 15.8. The van der Waals surface area contributed by atoms with Crippen LogP contribution in [-0.2, 0) is 0 Å². The van der Waals surface area contributed by atoms with Gasteiger partial charge >= 0.3 is 0 Å². The molecule has 0 bridgehead atoms. The fourth-order valence-corrected chi connectivity index (χ4v) is 3.75. The van der Waals surface area contributed by atoms with E-state index in [2.05, 4.69) is 20.3 Å². The molecule has 3 aromatic rings. The highest BCUT2D eigenvalue weighted by atomic mass is 79.9. The SMILES string of the molecule is O=c1cc(-c2ccc(OC3COc4c(Br)cccc43)cc2)s[nH]1. The van der Waals surface area contributed by atoms with Crippen molar-refractivity contribution in [3.8, 4) is 21.9 Å². The van der Waals surface area contributed by atoms with E-state index in [1.807, 2.05) is 42.5 Å². The smallest absolute Gasteiger partial charge is 0.258 e. The molecule has 0 fully saturated rings. The summed E-state index contributed by atoms with van der Waals surface area (Å²) in [6, 6.07) is 15.3. The van der Waals surface area contributed by atoms with Crippen molar-refractivity contribution in [2.75, 3.05) is 6.61 Å². The molecule has 0 saturated carbocycles. The van der Waals surface area contributed by atoms with Crippen molar-refractivity contribution in [3.63, 3.8) is 0 Å². The third-order valence-electron chi connectivity index (χ3n) is 3.66. The van der Waals surface area contributed by atoms with Crippen molar-refractivity contribution in [2.45, 2.75) is 6.10 Å². The summed E-state index contributed by atoms with van der Waals surface area (Å²) in [5.74, 6) is 1.63. The topological polar surface area (TPSA) is 51.3 Å². The van der Waals surface area contributed by atoms with Crippen LogP contribution in [0.2, 0.25) is 0 Å². The highest BCUT2D eigenvalue weighted by Gasteiger charge is 2.27. The molecule has 0 radical (unpaired) electrons. The molecule has 0 aliphatic carbocycles. The summed E-state index contributed by atoms with van der Waals surface area (Å²) < 4.78 is 15.4. The minimum atomic E-state index is -0.114. The quantitative estimate of drug-likeness (QED) is 0.722. The number of aromatic nitrogens is 1. The molecule has 0 spiro atoms. The fourth-order valence-electron chi connectivity index (χ4n) is 2.57. The molecular formula is C17H12BrNO3S. The van der Waals surface area contributed by atoms with E-state index in [9.17, 15) is 4.79 Å². The van der Waals surface area contributed by atoms with Gasteiger partial charge in [0.15, 0.2) is 6.10 Å². The zero-order valence-electron chi connectivity index (χ0n) is 11.9. The lowest BCUT2D eigenvalue weighted by molar-refractivity contribution is 0.163. The van der Waals surface area contributed by atoms with Gasteiger partial charge in [-0.2, -0.15) is 0 Å². The average molecular weight is 390 g/mol. The lowest BCUT2D eigenvalue weighted by Crippen LogP contribution is -2.08. The third kappa shape index (κ3) is 2.80. The van der Waals surface area contributed by atoms with Gasteiger partial charge < -0.3 is 9.47 Å². The van der Waals surface area contributed by atoms with E-state index < -0.39 is 0 Å². The predicted molar refractivity (Wildman–Crippen MR) is 93.4 cm³/mol. The Hall–Kier alpha value is -2.05. The molecule has 2 heterocycles. The van der Waals surface area contributed by atoms with E-state index in [0.717, 1.165) is 32.0 Å². The molecule has 2 aromatic carbocycles. The van der Waals surface area contributed by atoms with Gasteiger partial charge in [0.1, 0.15) is 18.1 Å². The summed E-state index contributed by atoms with van der Waals surface area (Å²) in [5, 5.41) is 0. The Morgan fingerprint density at radius 1 is 1.22 bits per heavy atom. The summed E-state index contributed by atoms with van der Waals surface area (Å²) in [6.45, 7) is 0.499. The Labute approximate surface area is 145 Å². The minimum absolute atomic E-state index is 0.0735. The largest absolute Gasteiger partial charge is 0.488 e. The van der Waals surface area contributed by atoms with E-state index in [1.165, 1.54) is 11.5 Å². The number of rotatable bonds is 3. The van der Waals surface area contributed by atoms with Gasteiger partial charge in [0.05, 0.1) is 9.35 Å². The first-order chi connectivity index (χ1) is 11.2. The molecule has 1 aromatic heterocycles. The molecule has 116 valence electrons. The van der Waals surface area contributed by atoms with Crippen LogP contribution in [0.15, 0.2) is 57.8 Å². The van der Waals surface area contributed by atoms with E-state index in [0.29, 0.717) is 6.61 Å². The first-order valence-electron chi connectivity index (χ1n) is 7.07. The molecule has 1 unspecified atom stereocenters. The van der Waals surface area contributed by atoms with Gasteiger partial charge in [-0.15, -0.1) is 0 Å². The second kappa shape index (κ2) is 5.86. The van der Waals surface area contributed by atoms with Crippen molar-refractivity contribution in [1.82, 2.24) is 4.37 Å². The monoisotopic (exact) mass is 389 g/mol. The lowest BCUT2D eigenvalue weighted by Gasteiger charge is -2.13. The number of hydrogen-bond acceptors (Lipinski definition) is 4. The second-order valence-corrected chi connectivity index (χ2v) is 6.88. The van der Waals surface area contributed by atoms with Gasteiger partial charge in [-0.05, 0) is 51.8 Å². The minimum Gasteiger partial charge on any atom is -0.488 e. The molecular weight excluding hydrogens is 378 g/mol. The Morgan fingerprint density at radius 2 is 2.04 bits per heavy atom. The summed E-state index contributed by atoms with van der Waals surface area (Å²) in [6.07, 6.45) is -0.114. The molecule has 1 aliphatic rings. The van der Waals surface area contributed by atoms with Gasteiger partial charge in [0.25, 0.3) is 5.56 Å². The van der Waals surface area contributed by atoms with Gasteiger partial charge in [-0.1, -0.05) is 23.7 Å². The Balaban J connectivity index is 1.55. The summed E-state index contributed by atoms with van der Waals surface area (Å²) >= 11 is 4.82. The van der Waals surface area contributed by atoms with Gasteiger partial charge in [0.2, 0.25) is 0 Å². The molecule has 1 N–H and O–H groups in total. The van der Waals surface area contributed by atoms with Crippen LogP contribution >= 0.6 is 27.5 Å². The van der Waals surface area contributed by atoms with Crippen LogP contribution in [0.25, 0.3) is 10.4 Å². The predicted octanol–water partition coefficient (Wildman–Crippen LogP) is 4.38. The maximum absolute atomic E-state index is 11.2. The molecule has 4 rings (SSSR count). The number of hydrogen-bond donors (Lipinski definition) is 1. The van der Waals surface area contributed by atoms with Crippen LogP contribution in [0, 0.1) is 0 Å². The van der Waals surface area contributed by atoms with E-state index in [-0.39, 0.29) is 11.7 Å². The first kappa shape index (κ1) is 14.5. The highest BCUT2D eigenvalue weighted by Crippen LogP contribution is 2.40. The maximum Gasteiger partial charge on any atom is 0.258 e. The average Bonchev–Trinajstić information content (AvgIpc) is 3.16.